The van der Waals surface area contributed by atoms with Crippen LogP contribution in [0.25, 0.3) is 12.2 Å². The lowest BCUT2D eigenvalue weighted by atomic mass is 10.1. The summed E-state index contributed by atoms with van der Waals surface area (Å²) in [6, 6.07) is 26.1. The van der Waals surface area contributed by atoms with E-state index in [0.29, 0.717) is 5.71 Å². The van der Waals surface area contributed by atoms with Crippen LogP contribution >= 0.6 is 0 Å². The summed E-state index contributed by atoms with van der Waals surface area (Å²) in [5, 5.41) is 4.13. The molecule has 0 saturated heterocycles. The Bertz CT molecular complexity index is 1070. The third-order valence-electron chi connectivity index (χ3n) is 4.12. The van der Waals surface area contributed by atoms with E-state index in [-0.39, 0.29) is 4.90 Å². The van der Waals surface area contributed by atoms with Gasteiger partial charge < -0.3 is 0 Å². The Balaban J connectivity index is 1.85. The van der Waals surface area contributed by atoms with Crippen molar-refractivity contribution in [1.82, 2.24) is 4.83 Å². The van der Waals surface area contributed by atoms with Crippen LogP contribution in [0.15, 0.2) is 107 Å². The Morgan fingerprint density at radius 3 is 1.72 bits per heavy atom. The Labute approximate surface area is 172 Å². The van der Waals surface area contributed by atoms with E-state index in [0.717, 1.165) is 16.7 Å². The molecule has 0 amide bonds. The van der Waals surface area contributed by atoms with Crippen LogP contribution in [0.3, 0.4) is 0 Å². The van der Waals surface area contributed by atoms with Crippen LogP contribution in [0, 0.1) is 6.92 Å². The largest absolute Gasteiger partial charge is 0.276 e. The van der Waals surface area contributed by atoms with Gasteiger partial charge in [0.1, 0.15) is 0 Å². The molecule has 0 bridgehead atoms. The number of allylic oxidation sites excluding steroid dienone is 2. The van der Waals surface area contributed by atoms with E-state index in [2.05, 4.69) is 9.93 Å². The Morgan fingerprint density at radius 2 is 1.24 bits per heavy atom. The van der Waals surface area contributed by atoms with Gasteiger partial charge in [0, 0.05) is 0 Å². The first-order valence-electron chi connectivity index (χ1n) is 9.15. The van der Waals surface area contributed by atoms with E-state index < -0.39 is 10.0 Å². The molecule has 3 rings (SSSR count). The van der Waals surface area contributed by atoms with Crippen molar-refractivity contribution in [3.05, 3.63) is 114 Å². The second-order valence-corrected chi connectivity index (χ2v) is 8.09. The Morgan fingerprint density at radius 1 is 0.759 bits per heavy atom. The van der Waals surface area contributed by atoms with Gasteiger partial charge in [-0.1, -0.05) is 90.5 Å². The van der Waals surface area contributed by atoms with E-state index in [1.165, 1.54) is 0 Å². The summed E-state index contributed by atoms with van der Waals surface area (Å²) in [5.41, 5.74) is 3.46. The first-order chi connectivity index (χ1) is 14.0. The SMILES string of the molecule is Cc1ccc(S(=O)(=O)NN=C(/C=C\c2ccccc2)/C=C\c2ccccc2)cc1. The lowest BCUT2D eigenvalue weighted by Crippen LogP contribution is -2.19. The quantitative estimate of drug-likeness (QED) is 0.444. The summed E-state index contributed by atoms with van der Waals surface area (Å²) in [7, 11) is -3.74. The molecule has 0 fully saturated rings. The van der Waals surface area contributed by atoms with Gasteiger partial charge in [-0.05, 0) is 42.3 Å². The number of aryl methyl sites for hydroxylation is 1. The molecule has 0 saturated carbocycles. The van der Waals surface area contributed by atoms with Gasteiger partial charge in [0.15, 0.2) is 0 Å². The van der Waals surface area contributed by atoms with E-state index in [1.54, 1.807) is 36.4 Å². The van der Waals surface area contributed by atoms with Crippen LogP contribution in [-0.2, 0) is 10.0 Å². The average Bonchev–Trinajstić information content (AvgIpc) is 2.75. The highest BCUT2D eigenvalue weighted by Gasteiger charge is 2.12. The summed E-state index contributed by atoms with van der Waals surface area (Å²) < 4.78 is 25.1. The van der Waals surface area contributed by atoms with Gasteiger partial charge in [-0.2, -0.15) is 18.4 Å². The van der Waals surface area contributed by atoms with E-state index in [4.69, 9.17) is 0 Å². The minimum Gasteiger partial charge on any atom is -0.200 e. The van der Waals surface area contributed by atoms with Gasteiger partial charge in [-0.15, -0.1) is 0 Å². The fraction of sp³-hybridized carbons (Fsp3) is 0.0417. The molecular formula is C24H22N2O2S. The van der Waals surface area contributed by atoms with Crippen molar-refractivity contribution in [3.8, 4) is 0 Å². The number of rotatable bonds is 7. The summed E-state index contributed by atoms with van der Waals surface area (Å²) in [6.07, 6.45) is 7.31. The van der Waals surface area contributed by atoms with Gasteiger partial charge in [0.25, 0.3) is 10.0 Å². The summed E-state index contributed by atoms with van der Waals surface area (Å²) in [4.78, 5) is 2.50. The van der Waals surface area contributed by atoms with Crippen LogP contribution in [0.4, 0.5) is 0 Å². The van der Waals surface area contributed by atoms with Crippen molar-refractivity contribution >= 4 is 27.9 Å². The van der Waals surface area contributed by atoms with Crippen molar-refractivity contribution in [2.75, 3.05) is 0 Å². The van der Waals surface area contributed by atoms with Crippen LogP contribution in [-0.4, -0.2) is 14.1 Å². The zero-order chi connectivity index (χ0) is 20.5. The molecule has 146 valence electrons. The van der Waals surface area contributed by atoms with Crippen LogP contribution in [0.1, 0.15) is 16.7 Å². The molecule has 0 heterocycles. The molecule has 4 nitrogen and oxygen atoms in total. The number of sulfonamides is 1. The molecule has 0 aliphatic rings. The van der Waals surface area contributed by atoms with Crippen LogP contribution < -0.4 is 4.83 Å². The molecule has 3 aromatic carbocycles. The topological polar surface area (TPSA) is 58.5 Å². The maximum absolute atomic E-state index is 12.5. The minimum atomic E-state index is -3.74. The molecular weight excluding hydrogens is 380 g/mol. The minimum absolute atomic E-state index is 0.172. The monoisotopic (exact) mass is 402 g/mol. The average molecular weight is 403 g/mol. The standard InChI is InChI=1S/C24H22N2O2S/c1-20-12-18-24(19-13-20)29(27,28)26-25-23(16-14-21-8-4-2-5-9-21)17-15-22-10-6-3-7-11-22/h2-19,26H,1H3/b16-14-,17-15-. The third-order valence-corrected chi connectivity index (χ3v) is 5.34. The number of hydrogen-bond acceptors (Lipinski definition) is 3. The predicted octanol–water partition coefficient (Wildman–Crippen LogP) is 5.06. The van der Waals surface area contributed by atoms with E-state index in [9.17, 15) is 8.42 Å². The zero-order valence-electron chi connectivity index (χ0n) is 16.1. The lowest BCUT2D eigenvalue weighted by molar-refractivity contribution is 0.584. The van der Waals surface area contributed by atoms with Crippen molar-refractivity contribution in [2.45, 2.75) is 11.8 Å². The Kier molecular flexibility index (Phi) is 6.76. The fourth-order valence-electron chi connectivity index (χ4n) is 2.50. The first-order valence-corrected chi connectivity index (χ1v) is 10.6. The second kappa shape index (κ2) is 9.66. The van der Waals surface area contributed by atoms with Crippen LogP contribution in [0.5, 0.6) is 0 Å². The molecule has 5 heteroatoms. The van der Waals surface area contributed by atoms with E-state index >= 15 is 0 Å². The van der Waals surface area contributed by atoms with Crippen molar-refractivity contribution in [1.29, 1.82) is 0 Å². The number of nitrogens with one attached hydrogen (secondary N) is 1. The van der Waals surface area contributed by atoms with Crippen LogP contribution in [0.2, 0.25) is 0 Å². The highest BCUT2D eigenvalue weighted by molar-refractivity contribution is 7.89. The van der Waals surface area contributed by atoms with Crippen molar-refractivity contribution in [2.24, 2.45) is 5.10 Å². The summed E-state index contributed by atoms with van der Waals surface area (Å²) >= 11 is 0. The summed E-state index contributed by atoms with van der Waals surface area (Å²) in [5.74, 6) is 0. The molecule has 0 radical (unpaired) electrons. The summed E-state index contributed by atoms with van der Waals surface area (Å²) in [6.45, 7) is 1.91. The third kappa shape index (κ3) is 6.30. The van der Waals surface area contributed by atoms with Gasteiger partial charge in [-0.25, -0.2) is 0 Å². The Hall–Kier alpha value is -3.44. The highest BCUT2D eigenvalue weighted by Crippen LogP contribution is 2.10. The molecule has 0 spiro atoms. The molecule has 0 unspecified atom stereocenters. The first kappa shape index (κ1) is 20.3. The van der Waals surface area contributed by atoms with E-state index in [1.807, 2.05) is 79.7 Å². The number of hydrazone groups is 1. The zero-order valence-corrected chi connectivity index (χ0v) is 16.9. The predicted molar refractivity (Wildman–Crippen MR) is 120 cm³/mol. The maximum atomic E-state index is 12.5. The normalized spacial score (nSPS) is 11.6. The molecule has 29 heavy (non-hydrogen) atoms. The van der Waals surface area contributed by atoms with Gasteiger partial charge in [-0.3, -0.25) is 0 Å². The molecule has 1 N–H and O–H groups in total. The highest BCUT2D eigenvalue weighted by atomic mass is 32.2. The molecule has 0 aliphatic heterocycles. The molecule has 0 aromatic heterocycles. The smallest absolute Gasteiger partial charge is 0.200 e. The number of hydrogen-bond donors (Lipinski definition) is 1. The lowest BCUT2D eigenvalue weighted by Gasteiger charge is -2.04. The van der Waals surface area contributed by atoms with Crippen molar-refractivity contribution < 1.29 is 8.42 Å². The molecule has 0 aliphatic carbocycles. The van der Waals surface area contributed by atoms with Crippen molar-refractivity contribution in [3.63, 3.8) is 0 Å². The molecule has 0 atom stereocenters. The molecule has 3 aromatic rings. The van der Waals surface area contributed by atoms with Gasteiger partial charge >= 0.3 is 0 Å². The number of benzene rings is 3. The second-order valence-electron chi connectivity index (χ2n) is 6.43. The fourth-order valence-corrected chi connectivity index (χ4v) is 3.33. The maximum Gasteiger partial charge on any atom is 0.276 e. The van der Waals surface area contributed by atoms with Gasteiger partial charge in [0.05, 0.1) is 10.6 Å². The van der Waals surface area contributed by atoms with Gasteiger partial charge in [0.2, 0.25) is 0 Å². The number of nitrogens with zero attached hydrogens (tertiary/aromatic N) is 1.